The summed E-state index contributed by atoms with van der Waals surface area (Å²) in [7, 11) is 0. The van der Waals surface area contributed by atoms with Crippen molar-refractivity contribution in [3.63, 3.8) is 0 Å². The molecule has 2 nitrogen and oxygen atoms in total. The first kappa shape index (κ1) is 14.3. The molecule has 2 rings (SSSR count). The molecule has 1 aliphatic rings. The molecule has 1 saturated heterocycles. The van der Waals surface area contributed by atoms with Gasteiger partial charge in [-0.2, -0.15) is 0 Å². The van der Waals surface area contributed by atoms with E-state index in [0.717, 1.165) is 18.7 Å². The Hall–Kier alpha value is -1.09. The van der Waals surface area contributed by atoms with Crippen LogP contribution >= 0.6 is 0 Å². The first-order chi connectivity index (χ1) is 8.91. The molecule has 0 amide bonds. The predicted molar refractivity (Wildman–Crippen MR) is 77.0 cm³/mol. The molecule has 0 aliphatic carbocycles. The number of rotatable bonds is 2. The van der Waals surface area contributed by atoms with Gasteiger partial charge in [-0.3, -0.25) is 0 Å². The Morgan fingerprint density at radius 2 is 2.05 bits per heavy atom. The van der Waals surface area contributed by atoms with E-state index < -0.39 is 6.10 Å². The zero-order valence-electron chi connectivity index (χ0n) is 12.3. The number of aryl methyl sites for hydroxylation is 1. The largest absolute Gasteiger partial charge is 0.389 e. The van der Waals surface area contributed by atoms with Crippen molar-refractivity contribution >= 4 is 5.69 Å². The van der Waals surface area contributed by atoms with E-state index in [1.54, 1.807) is 13.8 Å². The summed E-state index contributed by atoms with van der Waals surface area (Å²) in [6.07, 6.45) is 1.75. The van der Waals surface area contributed by atoms with E-state index >= 15 is 0 Å². The lowest BCUT2D eigenvalue weighted by atomic mass is 9.90. The molecule has 1 fully saturated rings. The van der Waals surface area contributed by atoms with Gasteiger partial charge in [0.15, 0.2) is 0 Å². The lowest BCUT2D eigenvalue weighted by molar-refractivity contribution is 0.198. The van der Waals surface area contributed by atoms with E-state index in [1.165, 1.54) is 12.5 Å². The van der Waals surface area contributed by atoms with Crippen molar-refractivity contribution in [2.24, 2.45) is 5.92 Å². The highest BCUT2D eigenvalue weighted by molar-refractivity contribution is 5.57. The fourth-order valence-corrected chi connectivity index (χ4v) is 2.94. The summed E-state index contributed by atoms with van der Waals surface area (Å²) in [6, 6.07) is 3.80. The average Bonchev–Trinajstić information content (AvgIpc) is 2.35. The third-order valence-electron chi connectivity index (χ3n) is 4.44. The van der Waals surface area contributed by atoms with Crippen molar-refractivity contribution in [1.29, 1.82) is 0 Å². The molecule has 1 heterocycles. The molecule has 0 radical (unpaired) electrons. The van der Waals surface area contributed by atoms with Gasteiger partial charge in [0.05, 0.1) is 6.10 Å². The smallest absolute Gasteiger partial charge is 0.126 e. The second-order valence-corrected chi connectivity index (χ2v) is 5.89. The number of halogens is 1. The van der Waals surface area contributed by atoms with E-state index in [1.807, 2.05) is 6.07 Å². The number of aliphatic hydroxyl groups excluding tert-OH is 1. The molecule has 1 aromatic rings. The van der Waals surface area contributed by atoms with Gasteiger partial charge in [-0.1, -0.05) is 6.92 Å². The highest BCUT2D eigenvalue weighted by atomic mass is 19.1. The maximum Gasteiger partial charge on any atom is 0.126 e. The molecule has 3 heteroatoms. The van der Waals surface area contributed by atoms with Crippen molar-refractivity contribution in [1.82, 2.24) is 0 Å². The standard InChI is InChI=1S/C16H24FNO/c1-10-6-5-7-18(12(10)3)16-8-11(2)15(17)9-14(16)13(4)19/h8-10,12-13,19H,5-7H2,1-4H3/t10?,12?,13-/m1/s1. The van der Waals surface area contributed by atoms with Crippen molar-refractivity contribution < 1.29 is 9.50 Å². The van der Waals surface area contributed by atoms with Gasteiger partial charge >= 0.3 is 0 Å². The summed E-state index contributed by atoms with van der Waals surface area (Å²) in [6.45, 7) is 8.94. The Morgan fingerprint density at radius 1 is 1.37 bits per heavy atom. The van der Waals surface area contributed by atoms with Crippen molar-refractivity contribution in [2.75, 3.05) is 11.4 Å². The van der Waals surface area contributed by atoms with Crippen molar-refractivity contribution in [3.8, 4) is 0 Å². The van der Waals surface area contributed by atoms with E-state index in [4.69, 9.17) is 0 Å². The van der Waals surface area contributed by atoms with Crippen LogP contribution in [0.4, 0.5) is 10.1 Å². The summed E-state index contributed by atoms with van der Waals surface area (Å²) in [5, 5.41) is 9.91. The highest BCUT2D eigenvalue weighted by Crippen LogP contribution is 2.34. The van der Waals surface area contributed by atoms with E-state index in [2.05, 4.69) is 18.7 Å². The van der Waals surface area contributed by atoms with Crippen LogP contribution in [0.1, 0.15) is 50.8 Å². The van der Waals surface area contributed by atoms with E-state index in [9.17, 15) is 9.50 Å². The number of nitrogens with zero attached hydrogens (tertiary/aromatic N) is 1. The minimum absolute atomic E-state index is 0.239. The van der Waals surface area contributed by atoms with Crippen LogP contribution < -0.4 is 4.90 Å². The van der Waals surface area contributed by atoms with Gasteiger partial charge in [0, 0.05) is 23.8 Å². The van der Waals surface area contributed by atoms with Gasteiger partial charge in [-0.25, -0.2) is 4.39 Å². The molecule has 1 aliphatic heterocycles. The molecule has 2 unspecified atom stereocenters. The Labute approximate surface area is 115 Å². The predicted octanol–water partition coefficient (Wildman–Crippen LogP) is 3.81. The van der Waals surface area contributed by atoms with Gasteiger partial charge in [-0.05, 0) is 57.2 Å². The van der Waals surface area contributed by atoms with Crippen molar-refractivity contribution in [2.45, 2.75) is 52.7 Å². The van der Waals surface area contributed by atoms with Gasteiger partial charge < -0.3 is 10.0 Å². The fourth-order valence-electron chi connectivity index (χ4n) is 2.94. The molecular formula is C16H24FNO. The maximum absolute atomic E-state index is 13.7. The molecule has 106 valence electrons. The topological polar surface area (TPSA) is 23.5 Å². The molecule has 0 spiro atoms. The highest BCUT2D eigenvalue weighted by Gasteiger charge is 2.27. The minimum Gasteiger partial charge on any atom is -0.389 e. The van der Waals surface area contributed by atoms with Crippen LogP contribution in [0.15, 0.2) is 12.1 Å². The summed E-state index contributed by atoms with van der Waals surface area (Å²) in [5.74, 6) is 0.387. The zero-order valence-corrected chi connectivity index (χ0v) is 12.3. The summed E-state index contributed by atoms with van der Waals surface area (Å²) in [4.78, 5) is 2.32. The molecular weight excluding hydrogens is 241 g/mol. The molecule has 1 N–H and O–H groups in total. The number of hydrogen-bond acceptors (Lipinski definition) is 2. The number of benzene rings is 1. The third-order valence-corrected chi connectivity index (χ3v) is 4.44. The molecule has 3 atom stereocenters. The number of anilines is 1. The van der Waals surface area contributed by atoms with Gasteiger partial charge in [0.1, 0.15) is 5.82 Å². The quantitative estimate of drug-likeness (QED) is 0.879. The first-order valence-electron chi connectivity index (χ1n) is 7.16. The molecule has 19 heavy (non-hydrogen) atoms. The third kappa shape index (κ3) is 2.76. The van der Waals surface area contributed by atoms with Crippen LogP contribution in [0.25, 0.3) is 0 Å². The summed E-state index contributed by atoms with van der Waals surface area (Å²) >= 11 is 0. The lowest BCUT2D eigenvalue weighted by Gasteiger charge is -2.41. The molecule has 0 bridgehead atoms. The Bertz CT molecular complexity index is 458. The Kier molecular flexibility index (Phi) is 4.14. The van der Waals surface area contributed by atoms with Gasteiger partial charge in [0.25, 0.3) is 0 Å². The van der Waals surface area contributed by atoms with Crippen LogP contribution in [-0.4, -0.2) is 17.7 Å². The second kappa shape index (κ2) is 5.49. The number of hydrogen-bond donors (Lipinski definition) is 1. The Balaban J connectivity index is 2.45. The minimum atomic E-state index is -0.644. The van der Waals surface area contributed by atoms with Crippen LogP contribution in [0.2, 0.25) is 0 Å². The second-order valence-electron chi connectivity index (χ2n) is 5.89. The normalized spacial score (nSPS) is 25.5. The van der Waals surface area contributed by atoms with Crippen molar-refractivity contribution in [3.05, 3.63) is 29.1 Å². The fraction of sp³-hybridized carbons (Fsp3) is 0.625. The summed E-state index contributed by atoms with van der Waals surface area (Å²) in [5.41, 5.74) is 2.34. The van der Waals surface area contributed by atoms with Crippen LogP contribution in [0.5, 0.6) is 0 Å². The lowest BCUT2D eigenvalue weighted by Crippen LogP contribution is -2.43. The van der Waals surface area contributed by atoms with E-state index in [-0.39, 0.29) is 5.82 Å². The Morgan fingerprint density at radius 3 is 2.68 bits per heavy atom. The molecule has 1 aromatic carbocycles. The number of piperidine rings is 1. The number of aliphatic hydroxyl groups is 1. The summed E-state index contributed by atoms with van der Waals surface area (Å²) < 4.78 is 13.7. The zero-order chi connectivity index (χ0) is 14.2. The maximum atomic E-state index is 13.7. The average molecular weight is 265 g/mol. The monoisotopic (exact) mass is 265 g/mol. The van der Waals surface area contributed by atoms with E-state index in [0.29, 0.717) is 23.1 Å². The first-order valence-corrected chi connectivity index (χ1v) is 7.16. The van der Waals surface area contributed by atoms with Crippen LogP contribution in [0.3, 0.4) is 0 Å². The van der Waals surface area contributed by atoms with Crippen LogP contribution in [0, 0.1) is 18.7 Å². The molecule has 0 saturated carbocycles. The molecule has 0 aromatic heterocycles. The van der Waals surface area contributed by atoms with Gasteiger partial charge in [0.2, 0.25) is 0 Å². The van der Waals surface area contributed by atoms with Crippen LogP contribution in [-0.2, 0) is 0 Å². The van der Waals surface area contributed by atoms with Gasteiger partial charge in [-0.15, -0.1) is 0 Å². The SMILES string of the molecule is Cc1cc(N2CCCC(C)C2C)c([C@@H](C)O)cc1F.